The Bertz CT molecular complexity index is 427. The van der Waals surface area contributed by atoms with E-state index in [0.29, 0.717) is 25.5 Å². The van der Waals surface area contributed by atoms with E-state index >= 15 is 0 Å². The molecular weight excluding hydrogens is 210 g/mol. The Morgan fingerprint density at radius 1 is 1.62 bits per heavy atom. The van der Waals surface area contributed by atoms with Crippen LogP contribution in [-0.2, 0) is 4.79 Å². The summed E-state index contributed by atoms with van der Waals surface area (Å²) in [6.07, 6.45) is 3.29. The molecule has 1 fully saturated rings. The fraction of sp³-hybridized carbons (Fsp3) is 0.500. The highest BCUT2D eigenvalue weighted by Gasteiger charge is 2.31. The third kappa shape index (κ3) is 2.06. The van der Waals surface area contributed by atoms with Crippen LogP contribution in [0.2, 0.25) is 0 Å². The molecule has 1 unspecified atom stereocenters. The van der Waals surface area contributed by atoms with Gasteiger partial charge >= 0.3 is 0 Å². The third-order valence-corrected chi connectivity index (χ3v) is 2.32. The zero-order chi connectivity index (χ0) is 11.4. The lowest BCUT2D eigenvalue weighted by molar-refractivity contribution is -0.117. The number of carbonyl (C=O) groups excluding carboxylic acids is 1. The number of azide groups is 1. The van der Waals surface area contributed by atoms with Gasteiger partial charge in [-0.15, -0.1) is 5.10 Å². The van der Waals surface area contributed by atoms with Crippen LogP contribution in [0, 0.1) is 5.92 Å². The van der Waals surface area contributed by atoms with Crippen molar-refractivity contribution in [3.05, 3.63) is 22.8 Å². The van der Waals surface area contributed by atoms with Crippen molar-refractivity contribution in [1.29, 1.82) is 0 Å². The molecule has 1 aliphatic heterocycles. The normalized spacial score (nSPS) is 19.6. The summed E-state index contributed by atoms with van der Waals surface area (Å²) in [6, 6.07) is 0. The van der Waals surface area contributed by atoms with Crippen LogP contribution in [0.1, 0.15) is 6.42 Å². The van der Waals surface area contributed by atoms with E-state index in [9.17, 15) is 4.79 Å². The Balaban J connectivity index is 2.08. The summed E-state index contributed by atoms with van der Waals surface area (Å²) in [5.74, 6) is 0.272. The monoisotopic (exact) mass is 219 g/mol. The Labute approximate surface area is 90.9 Å². The first kappa shape index (κ1) is 10.3. The van der Waals surface area contributed by atoms with Gasteiger partial charge in [-0.1, -0.05) is 5.11 Å². The van der Waals surface area contributed by atoms with Crippen LogP contribution in [0.4, 0.5) is 5.95 Å². The first-order chi connectivity index (χ1) is 7.81. The van der Waals surface area contributed by atoms with Crippen LogP contribution in [0.3, 0.4) is 0 Å². The second-order valence-corrected chi connectivity index (χ2v) is 3.43. The molecule has 8 nitrogen and oxygen atoms in total. The highest BCUT2D eigenvalue weighted by Crippen LogP contribution is 2.21. The molecule has 0 aliphatic carbocycles. The van der Waals surface area contributed by atoms with Gasteiger partial charge in [-0.05, 0) is 11.4 Å². The number of amides is 1. The van der Waals surface area contributed by atoms with Crippen LogP contribution in [0.5, 0.6) is 0 Å². The molecule has 0 bridgehead atoms. The predicted octanol–water partition coefficient (Wildman–Crippen LogP) is 0.535. The molecule has 1 atom stereocenters. The van der Waals surface area contributed by atoms with Gasteiger partial charge in [-0.3, -0.25) is 9.69 Å². The average molecular weight is 219 g/mol. The highest BCUT2D eigenvalue weighted by atomic mass is 16.2. The average Bonchev–Trinajstić information content (AvgIpc) is 2.69. The second kappa shape index (κ2) is 4.54. The first-order valence-corrected chi connectivity index (χ1v) is 4.76. The lowest BCUT2D eigenvalue weighted by Crippen LogP contribution is -2.27. The molecule has 0 aromatic carbocycles. The number of nitrogens with zero attached hydrogens (tertiary/aromatic N) is 7. The van der Waals surface area contributed by atoms with Gasteiger partial charge in [-0.2, -0.15) is 5.10 Å². The van der Waals surface area contributed by atoms with E-state index in [2.05, 4.69) is 25.2 Å². The third-order valence-electron chi connectivity index (χ3n) is 2.32. The topological polar surface area (TPSA) is 108 Å². The van der Waals surface area contributed by atoms with Crippen LogP contribution < -0.4 is 4.90 Å². The minimum atomic E-state index is -0.0638. The van der Waals surface area contributed by atoms with Crippen molar-refractivity contribution in [2.24, 2.45) is 11.0 Å². The number of hydrogen-bond donors (Lipinski definition) is 0. The van der Waals surface area contributed by atoms with Crippen molar-refractivity contribution in [1.82, 2.24) is 15.2 Å². The standard InChI is InChI=1S/C8H9N7O/c9-14-12-4-6-3-7(16)15(5-6)8-10-1-2-11-13-8/h1-2,6H,3-5H2. The Hall–Kier alpha value is -2.21. The number of rotatable bonds is 3. The highest BCUT2D eigenvalue weighted by molar-refractivity contribution is 5.93. The summed E-state index contributed by atoms with van der Waals surface area (Å²) in [4.78, 5) is 19.7. The van der Waals surface area contributed by atoms with E-state index in [0.717, 1.165) is 0 Å². The SMILES string of the molecule is [N-]=[N+]=NCC1CC(=O)N(c2nccnn2)C1. The maximum Gasteiger partial charge on any atom is 0.251 e. The van der Waals surface area contributed by atoms with Gasteiger partial charge in [0.2, 0.25) is 5.91 Å². The molecule has 2 rings (SSSR count). The van der Waals surface area contributed by atoms with Crippen LogP contribution >= 0.6 is 0 Å². The number of hydrogen-bond acceptors (Lipinski definition) is 5. The summed E-state index contributed by atoms with van der Waals surface area (Å²) in [5.41, 5.74) is 8.20. The summed E-state index contributed by atoms with van der Waals surface area (Å²) in [5, 5.41) is 10.9. The summed E-state index contributed by atoms with van der Waals surface area (Å²) < 4.78 is 0. The minimum absolute atomic E-state index is 0.0345. The Kier molecular flexibility index (Phi) is 2.93. The van der Waals surface area contributed by atoms with Gasteiger partial charge in [0.05, 0.1) is 12.4 Å². The van der Waals surface area contributed by atoms with Gasteiger partial charge in [0.15, 0.2) is 0 Å². The zero-order valence-corrected chi connectivity index (χ0v) is 8.39. The molecule has 0 radical (unpaired) electrons. The molecule has 0 spiro atoms. The molecule has 0 N–H and O–H groups in total. The fourth-order valence-electron chi connectivity index (χ4n) is 1.61. The smallest absolute Gasteiger partial charge is 0.251 e. The molecule has 1 aliphatic rings. The van der Waals surface area contributed by atoms with E-state index in [4.69, 9.17) is 5.53 Å². The Morgan fingerprint density at radius 3 is 3.19 bits per heavy atom. The van der Waals surface area contributed by atoms with E-state index < -0.39 is 0 Å². The van der Waals surface area contributed by atoms with Gasteiger partial charge in [0.1, 0.15) is 0 Å². The molecule has 1 aromatic heterocycles. The van der Waals surface area contributed by atoms with Gasteiger partial charge in [-0.25, -0.2) is 4.98 Å². The molecule has 1 saturated heterocycles. The lowest BCUT2D eigenvalue weighted by Gasteiger charge is -2.12. The van der Waals surface area contributed by atoms with Gasteiger partial charge in [0.25, 0.3) is 5.95 Å². The van der Waals surface area contributed by atoms with Crippen molar-refractivity contribution in [2.75, 3.05) is 18.0 Å². The summed E-state index contributed by atoms with van der Waals surface area (Å²) in [6.45, 7) is 0.794. The zero-order valence-electron chi connectivity index (χ0n) is 8.39. The Morgan fingerprint density at radius 2 is 2.50 bits per heavy atom. The summed E-state index contributed by atoms with van der Waals surface area (Å²) >= 11 is 0. The van der Waals surface area contributed by atoms with Crippen LogP contribution in [0.15, 0.2) is 17.5 Å². The summed E-state index contributed by atoms with van der Waals surface area (Å²) in [7, 11) is 0. The quantitative estimate of drug-likeness (QED) is 0.419. The largest absolute Gasteiger partial charge is 0.279 e. The van der Waals surface area contributed by atoms with Crippen molar-refractivity contribution in [3.63, 3.8) is 0 Å². The van der Waals surface area contributed by atoms with Gasteiger partial charge < -0.3 is 0 Å². The molecule has 8 heteroatoms. The first-order valence-electron chi connectivity index (χ1n) is 4.76. The fourth-order valence-corrected chi connectivity index (χ4v) is 1.61. The second-order valence-electron chi connectivity index (χ2n) is 3.43. The van der Waals surface area contributed by atoms with E-state index in [1.54, 1.807) is 0 Å². The number of aromatic nitrogens is 3. The van der Waals surface area contributed by atoms with E-state index in [1.807, 2.05) is 0 Å². The molecule has 16 heavy (non-hydrogen) atoms. The number of anilines is 1. The molecule has 2 heterocycles. The van der Waals surface area contributed by atoms with Gasteiger partial charge in [0, 0.05) is 24.4 Å². The van der Waals surface area contributed by atoms with Crippen LogP contribution in [0.25, 0.3) is 10.4 Å². The van der Waals surface area contributed by atoms with Crippen LogP contribution in [-0.4, -0.2) is 34.2 Å². The molecular formula is C8H9N7O. The maximum absolute atomic E-state index is 11.6. The maximum atomic E-state index is 11.6. The molecule has 1 aromatic rings. The number of carbonyl (C=O) groups is 1. The van der Waals surface area contributed by atoms with Crippen molar-refractivity contribution < 1.29 is 4.79 Å². The van der Waals surface area contributed by atoms with Crippen molar-refractivity contribution >= 4 is 11.9 Å². The van der Waals surface area contributed by atoms with Crippen molar-refractivity contribution in [2.45, 2.75) is 6.42 Å². The predicted molar refractivity (Wildman–Crippen MR) is 54.3 cm³/mol. The molecule has 0 saturated carbocycles. The van der Waals surface area contributed by atoms with E-state index in [1.165, 1.54) is 17.3 Å². The van der Waals surface area contributed by atoms with E-state index in [-0.39, 0.29) is 11.8 Å². The molecule has 82 valence electrons. The van der Waals surface area contributed by atoms with Crippen molar-refractivity contribution in [3.8, 4) is 0 Å². The lowest BCUT2D eigenvalue weighted by atomic mass is 10.1. The minimum Gasteiger partial charge on any atom is -0.279 e. The molecule has 1 amide bonds.